The fourth-order valence-electron chi connectivity index (χ4n) is 2.41. The molecular formula is C14H15N5O. The number of nitriles is 1. The highest BCUT2D eigenvalue weighted by atomic mass is 16.1. The summed E-state index contributed by atoms with van der Waals surface area (Å²) >= 11 is 0. The van der Waals surface area contributed by atoms with Gasteiger partial charge in [0.2, 0.25) is 0 Å². The molecule has 102 valence electrons. The van der Waals surface area contributed by atoms with Gasteiger partial charge < -0.3 is 9.13 Å². The standard InChI is InChI=1S/C14H15N5O/c1-9-5-6-18(14(20)12(9)7-15)8-13-17-16-10(2)19(13)11-3-4-11/h5-6,11H,3-4,8H2,1-2H3. The second kappa shape index (κ2) is 4.60. The highest BCUT2D eigenvalue weighted by Gasteiger charge is 2.28. The van der Waals surface area contributed by atoms with Gasteiger partial charge in [0, 0.05) is 12.2 Å². The van der Waals surface area contributed by atoms with Crippen molar-refractivity contribution in [2.75, 3.05) is 0 Å². The minimum Gasteiger partial charge on any atom is -0.311 e. The van der Waals surface area contributed by atoms with Crippen molar-refractivity contribution in [1.82, 2.24) is 19.3 Å². The number of aryl methyl sites for hydroxylation is 2. The third-order valence-corrected chi connectivity index (χ3v) is 3.65. The number of aromatic nitrogens is 4. The first-order valence-electron chi connectivity index (χ1n) is 6.62. The Bertz CT molecular complexity index is 761. The van der Waals surface area contributed by atoms with Gasteiger partial charge in [0.05, 0.1) is 6.54 Å². The monoisotopic (exact) mass is 269 g/mol. The number of hydrogen-bond acceptors (Lipinski definition) is 4. The molecule has 2 aromatic rings. The van der Waals surface area contributed by atoms with Crippen LogP contribution in [0.2, 0.25) is 0 Å². The van der Waals surface area contributed by atoms with Crippen LogP contribution in [0.15, 0.2) is 17.1 Å². The summed E-state index contributed by atoms with van der Waals surface area (Å²) in [4.78, 5) is 12.2. The molecule has 1 aliphatic rings. The Morgan fingerprint density at radius 3 is 2.80 bits per heavy atom. The summed E-state index contributed by atoms with van der Waals surface area (Å²) in [5.41, 5.74) is 0.630. The molecule has 0 unspecified atom stereocenters. The molecule has 2 heterocycles. The van der Waals surface area contributed by atoms with Gasteiger partial charge in [0.1, 0.15) is 17.5 Å². The lowest BCUT2D eigenvalue weighted by molar-refractivity contribution is 0.617. The van der Waals surface area contributed by atoms with Crippen molar-refractivity contribution >= 4 is 0 Å². The first-order chi connectivity index (χ1) is 9.61. The van der Waals surface area contributed by atoms with Crippen molar-refractivity contribution in [3.05, 3.63) is 45.4 Å². The van der Waals surface area contributed by atoms with E-state index in [-0.39, 0.29) is 11.1 Å². The van der Waals surface area contributed by atoms with E-state index in [4.69, 9.17) is 5.26 Å². The van der Waals surface area contributed by atoms with E-state index in [1.165, 1.54) is 4.57 Å². The molecule has 6 heteroatoms. The summed E-state index contributed by atoms with van der Waals surface area (Å²) in [5, 5.41) is 17.3. The maximum atomic E-state index is 12.2. The highest BCUT2D eigenvalue weighted by Crippen LogP contribution is 2.36. The molecule has 0 N–H and O–H groups in total. The van der Waals surface area contributed by atoms with E-state index < -0.39 is 0 Å². The summed E-state index contributed by atoms with van der Waals surface area (Å²) < 4.78 is 3.62. The molecule has 1 aliphatic carbocycles. The van der Waals surface area contributed by atoms with Crippen molar-refractivity contribution < 1.29 is 0 Å². The van der Waals surface area contributed by atoms with Crippen molar-refractivity contribution in [2.24, 2.45) is 0 Å². The van der Waals surface area contributed by atoms with Crippen LogP contribution >= 0.6 is 0 Å². The summed E-state index contributed by atoms with van der Waals surface area (Å²) in [7, 11) is 0. The zero-order valence-electron chi connectivity index (χ0n) is 11.5. The van der Waals surface area contributed by atoms with E-state index in [2.05, 4.69) is 14.8 Å². The molecule has 0 radical (unpaired) electrons. The van der Waals surface area contributed by atoms with Crippen LogP contribution in [-0.4, -0.2) is 19.3 Å². The lowest BCUT2D eigenvalue weighted by atomic mass is 10.2. The molecule has 0 aromatic carbocycles. The fraction of sp³-hybridized carbons (Fsp3) is 0.429. The highest BCUT2D eigenvalue weighted by molar-refractivity contribution is 5.34. The summed E-state index contributed by atoms with van der Waals surface area (Å²) in [6.07, 6.45) is 3.98. The van der Waals surface area contributed by atoms with Gasteiger partial charge in [-0.25, -0.2) is 0 Å². The lowest BCUT2D eigenvalue weighted by Gasteiger charge is -2.09. The number of pyridine rings is 1. The van der Waals surface area contributed by atoms with E-state index in [9.17, 15) is 4.79 Å². The third-order valence-electron chi connectivity index (χ3n) is 3.65. The van der Waals surface area contributed by atoms with Crippen molar-refractivity contribution in [3.63, 3.8) is 0 Å². The lowest BCUT2D eigenvalue weighted by Crippen LogP contribution is -2.25. The largest absolute Gasteiger partial charge is 0.311 e. The second-order valence-electron chi connectivity index (χ2n) is 5.18. The van der Waals surface area contributed by atoms with Crippen LogP contribution in [0.5, 0.6) is 0 Å². The van der Waals surface area contributed by atoms with E-state index in [1.807, 2.05) is 13.0 Å². The Kier molecular flexibility index (Phi) is 2.90. The molecular weight excluding hydrogens is 254 g/mol. The minimum atomic E-state index is -0.268. The summed E-state index contributed by atoms with van der Waals surface area (Å²) in [6.45, 7) is 4.04. The van der Waals surface area contributed by atoms with Gasteiger partial charge in [0.25, 0.3) is 5.56 Å². The molecule has 1 fully saturated rings. The van der Waals surface area contributed by atoms with Gasteiger partial charge in [-0.1, -0.05) is 0 Å². The summed E-state index contributed by atoms with van der Waals surface area (Å²) in [6, 6.07) is 4.22. The Balaban J connectivity index is 2.01. The minimum absolute atomic E-state index is 0.196. The predicted molar refractivity (Wildman–Crippen MR) is 72.3 cm³/mol. The first-order valence-corrected chi connectivity index (χ1v) is 6.62. The normalized spacial score (nSPS) is 14.2. The van der Waals surface area contributed by atoms with E-state index >= 15 is 0 Å². The summed E-state index contributed by atoms with van der Waals surface area (Å²) in [5.74, 6) is 1.66. The van der Waals surface area contributed by atoms with E-state index in [0.29, 0.717) is 18.2 Å². The van der Waals surface area contributed by atoms with Crippen LogP contribution in [-0.2, 0) is 6.54 Å². The van der Waals surface area contributed by atoms with Crippen LogP contribution in [0.3, 0.4) is 0 Å². The van der Waals surface area contributed by atoms with Crippen molar-refractivity contribution in [2.45, 2.75) is 39.3 Å². The molecule has 0 saturated heterocycles. The average Bonchev–Trinajstić information content (AvgIpc) is 3.19. The molecule has 0 bridgehead atoms. The van der Waals surface area contributed by atoms with Crippen LogP contribution < -0.4 is 5.56 Å². The molecule has 20 heavy (non-hydrogen) atoms. The molecule has 3 rings (SSSR count). The van der Waals surface area contributed by atoms with E-state index in [1.54, 1.807) is 19.2 Å². The van der Waals surface area contributed by atoms with Crippen molar-refractivity contribution in [1.29, 1.82) is 5.26 Å². The van der Waals surface area contributed by atoms with Gasteiger partial charge in [-0.05, 0) is 38.3 Å². The molecule has 0 spiro atoms. The maximum absolute atomic E-state index is 12.2. The van der Waals surface area contributed by atoms with E-state index in [0.717, 1.165) is 24.5 Å². The Hall–Kier alpha value is -2.42. The topological polar surface area (TPSA) is 76.5 Å². The fourth-order valence-corrected chi connectivity index (χ4v) is 2.41. The van der Waals surface area contributed by atoms with Crippen LogP contribution in [0, 0.1) is 25.2 Å². The Morgan fingerprint density at radius 2 is 2.15 bits per heavy atom. The number of rotatable bonds is 3. The molecule has 1 saturated carbocycles. The van der Waals surface area contributed by atoms with Gasteiger partial charge in [-0.2, -0.15) is 5.26 Å². The average molecular weight is 269 g/mol. The van der Waals surface area contributed by atoms with Crippen LogP contribution in [0.25, 0.3) is 0 Å². The van der Waals surface area contributed by atoms with Crippen LogP contribution in [0.1, 0.15) is 41.7 Å². The Labute approximate surface area is 116 Å². The molecule has 2 aromatic heterocycles. The third kappa shape index (κ3) is 2.01. The molecule has 0 aliphatic heterocycles. The molecule has 0 atom stereocenters. The first kappa shape index (κ1) is 12.6. The molecule has 6 nitrogen and oxygen atoms in total. The van der Waals surface area contributed by atoms with Gasteiger partial charge in [-0.15, -0.1) is 10.2 Å². The van der Waals surface area contributed by atoms with Gasteiger partial charge in [-0.3, -0.25) is 4.79 Å². The quantitative estimate of drug-likeness (QED) is 0.841. The Morgan fingerprint density at radius 1 is 1.40 bits per heavy atom. The van der Waals surface area contributed by atoms with Crippen molar-refractivity contribution in [3.8, 4) is 6.07 Å². The second-order valence-corrected chi connectivity index (χ2v) is 5.18. The maximum Gasteiger partial charge on any atom is 0.269 e. The smallest absolute Gasteiger partial charge is 0.269 e. The van der Waals surface area contributed by atoms with Gasteiger partial charge in [0.15, 0.2) is 5.82 Å². The molecule has 0 amide bonds. The zero-order chi connectivity index (χ0) is 14.3. The number of hydrogen-bond donors (Lipinski definition) is 0. The SMILES string of the molecule is Cc1ccn(Cc2nnc(C)n2C2CC2)c(=O)c1C#N. The number of nitrogens with zero attached hydrogens (tertiary/aromatic N) is 5. The van der Waals surface area contributed by atoms with Gasteiger partial charge >= 0.3 is 0 Å². The zero-order valence-corrected chi connectivity index (χ0v) is 11.5. The predicted octanol–water partition coefficient (Wildman–Crippen LogP) is 1.31. The van der Waals surface area contributed by atoms with Crippen LogP contribution in [0.4, 0.5) is 0 Å².